The molecule has 0 spiro atoms. The van der Waals surface area contributed by atoms with Crippen LogP contribution >= 0.6 is 0 Å². The molecule has 0 saturated heterocycles. The Labute approximate surface area is 54.7 Å². The van der Waals surface area contributed by atoms with E-state index in [2.05, 4.69) is 11.3 Å². The number of hydrogen-bond acceptors (Lipinski definition) is 2. The Balaban J connectivity index is 0. The van der Waals surface area contributed by atoms with E-state index in [-0.39, 0.29) is 18.9 Å². The van der Waals surface area contributed by atoms with Gasteiger partial charge in [0.1, 0.15) is 0 Å². The van der Waals surface area contributed by atoms with Crippen LogP contribution in [0.2, 0.25) is 0 Å². The quantitative estimate of drug-likeness (QED) is 0.253. The van der Waals surface area contributed by atoms with Crippen molar-refractivity contribution in [1.29, 1.82) is 0 Å². The van der Waals surface area contributed by atoms with Crippen molar-refractivity contribution in [1.82, 2.24) is 0 Å². The fourth-order valence-electron chi connectivity index (χ4n) is 0.0833. The summed E-state index contributed by atoms with van der Waals surface area (Å²) in [5.74, 6) is -0.394. The Bertz CT molecular complexity index is 70.1. The molecule has 0 amide bonds. The average Bonchev–Trinajstić information content (AvgIpc) is 1.65. The zero-order chi connectivity index (χ0) is 4.99. The van der Waals surface area contributed by atoms with Crippen molar-refractivity contribution in [2.24, 2.45) is 0 Å². The monoisotopic (exact) mass is 94.1 g/mol. The molecule has 3 heteroatoms. The molecule has 0 aliphatic rings. The molecule has 7 heavy (non-hydrogen) atoms. The van der Waals surface area contributed by atoms with Crippen LogP contribution < -0.4 is 0 Å². The summed E-state index contributed by atoms with van der Waals surface area (Å²) in [6.45, 7) is 3.16. The third-order valence-corrected chi connectivity index (χ3v) is 0.368. The first-order chi connectivity index (χ1) is 2.81. The van der Waals surface area contributed by atoms with Gasteiger partial charge in [-0.2, -0.15) is 0 Å². The van der Waals surface area contributed by atoms with Crippen molar-refractivity contribution in [3.05, 3.63) is 12.7 Å². The van der Waals surface area contributed by atoms with Crippen molar-refractivity contribution in [3.8, 4) is 0 Å². The van der Waals surface area contributed by atoms with Gasteiger partial charge in [0.25, 0.3) is 0 Å². The number of ether oxygens (including phenoxy) is 1. The van der Waals surface area contributed by atoms with E-state index in [1.165, 1.54) is 7.11 Å². The Morgan fingerprint density at radius 2 is 2.29 bits per heavy atom. The Morgan fingerprint density at radius 3 is 2.29 bits per heavy atom. The van der Waals surface area contributed by atoms with Gasteiger partial charge >= 0.3 is 24.8 Å². The molecule has 0 aromatic heterocycles. The average molecular weight is 94.0 g/mol. The van der Waals surface area contributed by atoms with E-state index in [0.717, 1.165) is 6.08 Å². The molecule has 0 N–H and O–H groups in total. The Hall–Kier alpha value is -0.193. The molecule has 0 aliphatic carbocycles. The van der Waals surface area contributed by atoms with Gasteiger partial charge in [0.2, 0.25) is 0 Å². The molecule has 0 aromatic rings. The summed E-state index contributed by atoms with van der Waals surface area (Å²) in [7, 11) is 1.31. The zero-order valence-electron chi connectivity index (χ0n) is 3.60. The van der Waals surface area contributed by atoms with Crippen molar-refractivity contribution in [2.45, 2.75) is 0 Å². The van der Waals surface area contributed by atoms with E-state index in [1.807, 2.05) is 0 Å². The molecule has 0 heterocycles. The zero-order valence-corrected chi connectivity index (χ0v) is 3.60. The van der Waals surface area contributed by atoms with Crippen LogP contribution in [0.4, 0.5) is 0 Å². The fourth-order valence-corrected chi connectivity index (χ4v) is 0.0833. The summed E-state index contributed by atoms with van der Waals surface area (Å²) < 4.78 is 4.14. The number of hydrogen-bond donors (Lipinski definition) is 0. The molecule has 0 saturated carbocycles. The second kappa shape index (κ2) is 5.81. The maximum atomic E-state index is 9.84. The van der Waals surface area contributed by atoms with Gasteiger partial charge in [0.05, 0.1) is 7.11 Å². The molecule has 36 valence electrons. The standard InChI is InChI=1S/C4H6O2.Li.H/c1-3-4(5)6-2;;/h3H,1H2,2H3;;. The van der Waals surface area contributed by atoms with Crippen LogP contribution in [0.3, 0.4) is 0 Å². The Morgan fingerprint density at radius 1 is 1.86 bits per heavy atom. The molecule has 0 unspecified atom stereocenters. The SMILES string of the molecule is C=CC(=O)OC.[LiH]. The first-order valence-corrected chi connectivity index (χ1v) is 1.51. The van der Waals surface area contributed by atoms with Crippen LogP contribution in [0.1, 0.15) is 0 Å². The van der Waals surface area contributed by atoms with Gasteiger partial charge < -0.3 is 4.74 Å². The maximum absolute atomic E-state index is 9.84. The topological polar surface area (TPSA) is 26.3 Å². The third-order valence-electron chi connectivity index (χ3n) is 0.368. The molecule has 2 nitrogen and oxygen atoms in total. The summed E-state index contributed by atoms with van der Waals surface area (Å²) in [5.41, 5.74) is 0. The minimum atomic E-state index is -0.394. The second-order valence-corrected chi connectivity index (χ2v) is 0.727. The molecule has 0 aliphatic heterocycles. The minimum absolute atomic E-state index is 0. The fraction of sp³-hybridized carbons (Fsp3) is 0.250. The Kier molecular flexibility index (Phi) is 8.24. The summed E-state index contributed by atoms with van der Waals surface area (Å²) in [5, 5.41) is 0. The molecular formula is C4H7LiO2. The number of rotatable bonds is 1. The van der Waals surface area contributed by atoms with Gasteiger partial charge in [0, 0.05) is 6.08 Å². The summed E-state index contributed by atoms with van der Waals surface area (Å²) >= 11 is 0. The molecular weight excluding hydrogens is 87.0 g/mol. The summed E-state index contributed by atoms with van der Waals surface area (Å²) in [6.07, 6.45) is 1.11. The van der Waals surface area contributed by atoms with Crippen molar-refractivity contribution in [2.75, 3.05) is 7.11 Å². The van der Waals surface area contributed by atoms with Gasteiger partial charge in [-0.05, 0) is 0 Å². The van der Waals surface area contributed by atoms with Crippen molar-refractivity contribution < 1.29 is 9.53 Å². The molecule has 0 fully saturated rings. The number of methoxy groups -OCH3 is 1. The van der Waals surface area contributed by atoms with E-state index in [0.29, 0.717) is 0 Å². The van der Waals surface area contributed by atoms with Gasteiger partial charge in [-0.3, -0.25) is 0 Å². The molecule has 0 bridgehead atoms. The predicted octanol–water partition coefficient (Wildman–Crippen LogP) is -0.303. The van der Waals surface area contributed by atoms with E-state index in [1.54, 1.807) is 0 Å². The first-order valence-electron chi connectivity index (χ1n) is 1.51. The van der Waals surface area contributed by atoms with E-state index in [9.17, 15) is 4.79 Å². The van der Waals surface area contributed by atoms with Gasteiger partial charge in [0.15, 0.2) is 0 Å². The van der Waals surface area contributed by atoms with Crippen LogP contribution in [0.25, 0.3) is 0 Å². The van der Waals surface area contributed by atoms with Crippen LogP contribution in [0.15, 0.2) is 12.7 Å². The van der Waals surface area contributed by atoms with Gasteiger partial charge in [-0.15, -0.1) is 0 Å². The number of carbonyl (C=O) groups is 1. The predicted molar refractivity (Wildman–Crippen MR) is 29.4 cm³/mol. The van der Waals surface area contributed by atoms with E-state index >= 15 is 0 Å². The van der Waals surface area contributed by atoms with Crippen LogP contribution in [0.5, 0.6) is 0 Å². The van der Waals surface area contributed by atoms with E-state index < -0.39 is 5.97 Å². The molecule has 0 radical (unpaired) electrons. The van der Waals surface area contributed by atoms with Crippen LogP contribution in [-0.4, -0.2) is 31.9 Å². The number of carbonyl (C=O) groups excluding carboxylic acids is 1. The van der Waals surface area contributed by atoms with Gasteiger partial charge in [-0.1, -0.05) is 6.58 Å². The molecule has 0 rings (SSSR count). The summed E-state index contributed by atoms with van der Waals surface area (Å²) in [6, 6.07) is 0. The van der Waals surface area contributed by atoms with Crippen molar-refractivity contribution in [3.63, 3.8) is 0 Å². The molecule has 0 aromatic carbocycles. The second-order valence-electron chi connectivity index (χ2n) is 0.727. The van der Waals surface area contributed by atoms with Gasteiger partial charge in [-0.25, -0.2) is 4.79 Å². The van der Waals surface area contributed by atoms with E-state index in [4.69, 9.17) is 0 Å². The number of esters is 1. The van der Waals surface area contributed by atoms with Crippen LogP contribution in [-0.2, 0) is 9.53 Å². The van der Waals surface area contributed by atoms with Crippen molar-refractivity contribution >= 4 is 24.8 Å². The normalized spacial score (nSPS) is 5.86. The third kappa shape index (κ3) is 5.81. The van der Waals surface area contributed by atoms with Crippen LogP contribution in [0, 0.1) is 0 Å². The summed E-state index contributed by atoms with van der Waals surface area (Å²) in [4.78, 5) is 9.84. The first kappa shape index (κ1) is 9.93. The molecule has 0 atom stereocenters.